The molecular weight excluding hydrogens is 526 g/mol. The highest BCUT2D eigenvalue weighted by atomic mass is 79.9. The molecule has 0 spiro atoms. The first-order valence-corrected chi connectivity index (χ1v) is 10.8. The third kappa shape index (κ3) is 5.49. The van der Waals surface area contributed by atoms with Gasteiger partial charge in [0.2, 0.25) is 0 Å². The van der Waals surface area contributed by atoms with Crippen LogP contribution in [0.15, 0.2) is 56.3 Å². The Labute approximate surface area is 188 Å². The van der Waals surface area contributed by atoms with Crippen molar-refractivity contribution < 1.29 is 23.9 Å². The molecular formula is C20H15Br2NO5S. The molecule has 29 heavy (non-hydrogen) atoms. The van der Waals surface area contributed by atoms with Crippen molar-refractivity contribution in [1.29, 1.82) is 0 Å². The molecule has 0 N–H and O–H groups in total. The van der Waals surface area contributed by atoms with Crippen molar-refractivity contribution in [2.45, 2.75) is 6.54 Å². The molecule has 0 aromatic heterocycles. The van der Waals surface area contributed by atoms with Gasteiger partial charge in [-0.15, -0.1) is 0 Å². The van der Waals surface area contributed by atoms with Crippen LogP contribution in [0.2, 0.25) is 0 Å². The second-order valence-electron chi connectivity index (χ2n) is 5.94. The lowest BCUT2D eigenvalue weighted by atomic mass is 10.1. The van der Waals surface area contributed by atoms with Crippen molar-refractivity contribution in [2.75, 3.05) is 13.7 Å². The van der Waals surface area contributed by atoms with Crippen LogP contribution in [0.3, 0.4) is 0 Å². The van der Waals surface area contributed by atoms with E-state index in [1.165, 1.54) is 12.0 Å². The number of amides is 2. The Kier molecular flexibility index (Phi) is 7.15. The molecule has 0 radical (unpaired) electrons. The number of ether oxygens (including phenoxy) is 2. The van der Waals surface area contributed by atoms with Gasteiger partial charge >= 0.3 is 5.97 Å². The summed E-state index contributed by atoms with van der Waals surface area (Å²) in [5.41, 5.74) is 1.42. The highest BCUT2D eigenvalue weighted by Crippen LogP contribution is 2.35. The van der Waals surface area contributed by atoms with Gasteiger partial charge in [-0.05, 0) is 53.7 Å². The number of imide groups is 1. The molecule has 1 fully saturated rings. The summed E-state index contributed by atoms with van der Waals surface area (Å²) >= 11 is 7.61. The molecule has 1 aliphatic heterocycles. The fourth-order valence-electron chi connectivity index (χ4n) is 2.51. The number of rotatable bonds is 6. The molecule has 0 saturated carbocycles. The molecule has 1 saturated heterocycles. The fourth-order valence-corrected chi connectivity index (χ4v) is 3.98. The Balaban J connectivity index is 1.82. The molecule has 0 aliphatic carbocycles. The second-order valence-corrected chi connectivity index (χ2v) is 8.77. The van der Waals surface area contributed by atoms with Crippen molar-refractivity contribution in [3.63, 3.8) is 0 Å². The summed E-state index contributed by atoms with van der Waals surface area (Å²) in [7, 11) is 1.27. The summed E-state index contributed by atoms with van der Waals surface area (Å²) < 4.78 is 11.8. The van der Waals surface area contributed by atoms with Gasteiger partial charge in [-0.2, -0.15) is 0 Å². The summed E-state index contributed by atoms with van der Waals surface area (Å²) in [6.45, 7) is -0.0660. The number of carbonyl (C=O) groups is 3. The van der Waals surface area contributed by atoms with Crippen LogP contribution in [0.25, 0.3) is 6.08 Å². The van der Waals surface area contributed by atoms with E-state index in [2.05, 4.69) is 36.6 Å². The predicted molar refractivity (Wildman–Crippen MR) is 117 cm³/mol. The highest BCUT2D eigenvalue weighted by Gasteiger charge is 2.35. The standard InChI is InChI=1S/C20H15Br2NO5S/c1-27-18(24)11-28-16-7-6-15(22)8-13(16)9-17-19(25)23(20(26)29-17)10-12-2-4-14(21)5-3-12/h2-9H,10-11H2,1H3/b17-9-. The zero-order valence-electron chi connectivity index (χ0n) is 15.2. The maximum atomic E-state index is 12.8. The number of hydrogen-bond acceptors (Lipinski definition) is 6. The van der Waals surface area contributed by atoms with Crippen molar-refractivity contribution in [3.8, 4) is 5.75 Å². The molecule has 1 heterocycles. The number of benzene rings is 2. The maximum absolute atomic E-state index is 12.8. The Morgan fingerprint density at radius 3 is 2.48 bits per heavy atom. The van der Waals surface area contributed by atoms with E-state index in [4.69, 9.17) is 4.74 Å². The van der Waals surface area contributed by atoms with Crippen LogP contribution >= 0.6 is 43.6 Å². The number of carbonyl (C=O) groups excluding carboxylic acids is 3. The fraction of sp³-hybridized carbons (Fsp3) is 0.150. The number of nitrogens with zero attached hydrogens (tertiary/aromatic N) is 1. The summed E-state index contributed by atoms with van der Waals surface area (Å²) in [6.07, 6.45) is 1.59. The number of hydrogen-bond donors (Lipinski definition) is 0. The van der Waals surface area contributed by atoms with E-state index in [0.29, 0.717) is 11.3 Å². The van der Waals surface area contributed by atoms with E-state index in [1.54, 1.807) is 24.3 Å². The van der Waals surface area contributed by atoms with Gasteiger partial charge in [-0.1, -0.05) is 44.0 Å². The number of methoxy groups -OCH3 is 1. The number of halogens is 2. The highest BCUT2D eigenvalue weighted by molar-refractivity contribution is 9.10. The van der Waals surface area contributed by atoms with Gasteiger partial charge in [0.05, 0.1) is 18.6 Å². The third-order valence-corrected chi connectivity index (χ3v) is 5.89. The lowest BCUT2D eigenvalue weighted by Gasteiger charge is -2.12. The molecule has 2 amide bonds. The predicted octanol–water partition coefficient (Wildman–Crippen LogP) is 5.00. The third-order valence-electron chi connectivity index (χ3n) is 3.96. The average molecular weight is 541 g/mol. The van der Waals surface area contributed by atoms with Gasteiger partial charge in [0.1, 0.15) is 5.75 Å². The molecule has 9 heteroatoms. The van der Waals surface area contributed by atoms with Gasteiger partial charge in [0.15, 0.2) is 6.61 Å². The quantitative estimate of drug-likeness (QED) is 0.379. The van der Waals surface area contributed by atoms with E-state index in [1.807, 2.05) is 24.3 Å². The normalized spacial score (nSPS) is 15.1. The van der Waals surface area contributed by atoms with Crippen LogP contribution in [0.4, 0.5) is 4.79 Å². The van der Waals surface area contributed by atoms with Gasteiger partial charge in [-0.25, -0.2) is 4.79 Å². The lowest BCUT2D eigenvalue weighted by molar-refractivity contribution is -0.142. The Hall–Kier alpha value is -2.10. The molecule has 3 rings (SSSR count). The summed E-state index contributed by atoms with van der Waals surface area (Å²) in [5, 5.41) is -0.337. The zero-order chi connectivity index (χ0) is 21.0. The van der Waals surface area contributed by atoms with Crippen LogP contribution in [0.1, 0.15) is 11.1 Å². The summed E-state index contributed by atoms with van der Waals surface area (Å²) in [4.78, 5) is 38.0. The van der Waals surface area contributed by atoms with E-state index < -0.39 is 5.97 Å². The minimum Gasteiger partial charge on any atom is -0.481 e. The van der Waals surface area contributed by atoms with Gasteiger partial charge in [0.25, 0.3) is 11.1 Å². The minimum absolute atomic E-state index is 0.194. The van der Waals surface area contributed by atoms with E-state index in [0.717, 1.165) is 26.3 Å². The smallest absolute Gasteiger partial charge is 0.343 e. The van der Waals surface area contributed by atoms with Crippen LogP contribution < -0.4 is 4.74 Å². The molecule has 2 aromatic rings. The van der Waals surface area contributed by atoms with Crippen molar-refractivity contribution in [3.05, 3.63) is 67.4 Å². The topological polar surface area (TPSA) is 72.9 Å². The molecule has 0 atom stereocenters. The largest absolute Gasteiger partial charge is 0.481 e. The molecule has 6 nitrogen and oxygen atoms in total. The van der Waals surface area contributed by atoms with Gasteiger partial charge in [-0.3, -0.25) is 14.5 Å². The minimum atomic E-state index is -0.520. The Morgan fingerprint density at radius 2 is 1.79 bits per heavy atom. The monoisotopic (exact) mass is 539 g/mol. The van der Waals surface area contributed by atoms with E-state index >= 15 is 0 Å². The zero-order valence-corrected chi connectivity index (χ0v) is 19.2. The van der Waals surface area contributed by atoms with Crippen LogP contribution in [0.5, 0.6) is 5.75 Å². The van der Waals surface area contributed by atoms with Crippen LogP contribution in [0, 0.1) is 0 Å². The molecule has 0 bridgehead atoms. The van der Waals surface area contributed by atoms with Gasteiger partial charge in [0, 0.05) is 14.5 Å². The van der Waals surface area contributed by atoms with Gasteiger partial charge < -0.3 is 9.47 Å². The van der Waals surface area contributed by atoms with Crippen molar-refractivity contribution in [1.82, 2.24) is 4.90 Å². The number of thioether (sulfide) groups is 1. The van der Waals surface area contributed by atoms with E-state index in [-0.39, 0.29) is 29.2 Å². The summed E-state index contributed by atoms with van der Waals surface area (Å²) in [6, 6.07) is 12.6. The van der Waals surface area contributed by atoms with Crippen LogP contribution in [-0.2, 0) is 20.9 Å². The Morgan fingerprint density at radius 1 is 1.10 bits per heavy atom. The van der Waals surface area contributed by atoms with Crippen molar-refractivity contribution >= 4 is 66.8 Å². The second kappa shape index (κ2) is 9.60. The summed E-state index contributed by atoms with van der Waals surface area (Å²) in [5.74, 6) is -0.492. The maximum Gasteiger partial charge on any atom is 0.343 e. The first-order chi connectivity index (χ1) is 13.9. The first-order valence-electron chi connectivity index (χ1n) is 8.36. The Bertz CT molecular complexity index is 991. The molecule has 1 aliphatic rings. The van der Waals surface area contributed by atoms with Crippen LogP contribution in [-0.4, -0.2) is 35.7 Å². The SMILES string of the molecule is COC(=O)COc1ccc(Br)cc1/C=C1\SC(=O)N(Cc2ccc(Br)cc2)C1=O. The lowest BCUT2D eigenvalue weighted by Crippen LogP contribution is -2.27. The van der Waals surface area contributed by atoms with E-state index in [9.17, 15) is 14.4 Å². The molecule has 0 unspecified atom stereocenters. The number of esters is 1. The molecule has 2 aromatic carbocycles. The average Bonchev–Trinajstić information content (AvgIpc) is 2.96. The molecule has 150 valence electrons. The van der Waals surface area contributed by atoms with Crippen molar-refractivity contribution in [2.24, 2.45) is 0 Å². The first kappa shape index (κ1) is 21.6.